The maximum Gasteiger partial charge on any atom is 0.182 e. The third-order valence-electron chi connectivity index (χ3n) is 2.75. The zero-order chi connectivity index (χ0) is 12.7. The molecule has 0 bridgehead atoms. The van der Waals surface area contributed by atoms with Gasteiger partial charge in [-0.15, -0.1) is 0 Å². The van der Waals surface area contributed by atoms with Crippen LogP contribution in [0.2, 0.25) is 10.0 Å². The number of nitrogens with one attached hydrogen (secondary N) is 1. The normalized spacial score (nSPS) is 11.0. The Morgan fingerprint density at radius 3 is 2.33 bits per heavy atom. The van der Waals surface area contributed by atoms with Crippen LogP contribution in [0, 0.1) is 4.77 Å². The predicted molar refractivity (Wildman–Crippen MR) is 78.5 cm³/mol. The van der Waals surface area contributed by atoms with Gasteiger partial charge in [-0.3, -0.25) is 4.57 Å². The van der Waals surface area contributed by atoms with Crippen LogP contribution in [-0.4, -0.2) is 9.55 Å². The number of rotatable bonds is 1. The lowest BCUT2D eigenvalue weighted by Crippen LogP contribution is -1.96. The molecular formula is C13H8Cl2N2S. The van der Waals surface area contributed by atoms with Crippen molar-refractivity contribution in [2.75, 3.05) is 0 Å². The van der Waals surface area contributed by atoms with Gasteiger partial charge < -0.3 is 4.98 Å². The standard InChI is InChI=1S/C13H8Cl2N2S/c14-8-4-3-5-9(15)12(8)17-11-7-2-1-6-10(11)16-13(17)18/h1-7H,(H,16,18). The van der Waals surface area contributed by atoms with Crippen LogP contribution in [0.5, 0.6) is 0 Å². The molecule has 1 aromatic heterocycles. The van der Waals surface area contributed by atoms with Crippen LogP contribution in [-0.2, 0) is 0 Å². The Kier molecular flexibility index (Phi) is 2.90. The summed E-state index contributed by atoms with van der Waals surface area (Å²) in [6.07, 6.45) is 0. The average Bonchev–Trinajstić information content (AvgIpc) is 2.66. The summed E-state index contributed by atoms with van der Waals surface area (Å²) < 4.78 is 2.43. The van der Waals surface area contributed by atoms with E-state index in [1.807, 2.05) is 34.9 Å². The van der Waals surface area contributed by atoms with Gasteiger partial charge in [-0.2, -0.15) is 0 Å². The summed E-state index contributed by atoms with van der Waals surface area (Å²) in [5.74, 6) is 0. The molecule has 0 aliphatic carbocycles. The Morgan fingerprint density at radius 1 is 0.944 bits per heavy atom. The summed E-state index contributed by atoms with van der Waals surface area (Å²) in [7, 11) is 0. The highest BCUT2D eigenvalue weighted by molar-refractivity contribution is 7.71. The van der Waals surface area contributed by atoms with Gasteiger partial charge in [-0.1, -0.05) is 41.4 Å². The average molecular weight is 295 g/mol. The van der Waals surface area contributed by atoms with Crippen molar-refractivity contribution in [3.63, 3.8) is 0 Å². The molecule has 18 heavy (non-hydrogen) atoms. The van der Waals surface area contributed by atoms with E-state index in [1.165, 1.54) is 0 Å². The second-order valence-electron chi connectivity index (χ2n) is 3.85. The molecule has 0 aliphatic heterocycles. The van der Waals surface area contributed by atoms with Gasteiger partial charge in [-0.25, -0.2) is 0 Å². The second kappa shape index (κ2) is 4.43. The van der Waals surface area contributed by atoms with Crippen molar-refractivity contribution in [3.05, 3.63) is 57.3 Å². The first kappa shape index (κ1) is 11.8. The van der Waals surface area contributed by atoms with Crippen LogP contribution >= 0.6 is 35.4 Å². The van der Waals surface area contributed by atoms with E-state index < -0.39 is 0 Å². The molecule has 90 valence electrons. The molecule has 0 spiro atoms. The molecule has 0 atom stereocenters. The number of halogens is 2. The number of hydrogen-bond acceptors (Lipinski definition) is 1. The lowest BCUT2D eigenvalue weighted by atomic mass is 10.3. The Hall–Kier alpha value is -1.29. The Balaban J connectivity index is 2.46. The topological polar surface area (TPSA) is 20.7 Å². The molecule has 0 fully saturated rings. The van der Waals surface area contributed by atoms with Crippen LogP contribution < -0.4 is 0 Å². The van der Waals surface area contributed by atoms with E-state index in [0.29, 0.717) is 20.5 Å². The maximum absolute atomic E-state index is 6.23. The Labute approximate surface area is 119 Å². The Bertz CT molecular complexity index is 769. The summed E-state index contributed by atoms with van der Waals surface area (Å²) in [5.41, 5.74) is 2.62. The summed E-state index contributed by atoms with van der Waals surface area (Å²) >= 11 is 17.8. The van der Waals surface area contributed by atoms with E-state index in [9.17, 15) is 0 Å². The minimum absolute atomic E-state index is 0.573. The number of benzene rings is 2. The van der Waals surface area contributed by atoms with Crippen LogP contribution in [0.25, 0.3) is 16.7 Å². The summed E-state index contributed by atoms with van der Waals surface area (Å²) in [4.78, 5) is 3.14. The van der Waals surface area contributed by atoms with Crippen molar-refractivity contribution in [2.45, 2.75) is 0 Å². The molecule has 0 unspecified atom stereocenters. The third kappa shape index (κ3) is 1.75. The molecule has 0 amide bonds. The summed E-state index contributed by atoms with van der Waals surface area (Å²) in [6, 6.07) is 13.2. The number of hydrogen-bond donors (Lipinski definition) is 1. The number of aromatic amines is 1. The first-order valence-electron chi connectivity index (χ1n) is 5.32. The first-order chi connectivity index (χ1) is 8.68. The smallest absolute Gasteiger partial charge is 0.182 e. The molecule has 1 heterocycles. The fourth-order valence-corrected chi connectivity index (χ4v) is 2.85. The zero-order valence-corrected chi connectivity index (χ0v) is 11.5. The van der Waals surface area contributed by atoms with Gasteiger partial charge in [0.15, 0.2) is 4.77 Å². The monoisotopic (exact) mass is 294 g/mol. The second-order valence-corrected chi connectivity index (χ2v) is 5.05. The fourth-order valence-electron chi connectivity index (χ4n) is 1.98. The summed E-state index contributed by atoms with van der Waals surface area (Å²) in [6.45, 7) is 0. The zero-order valence-electron chi connectivity index (χ0n) is 9.15. The number of imidazole rings is 1. The highest BCUT2D eigenvalue weighted by atomic mass is 35.5. The molecular weight excluding hydrogens is 287 g/mol. The number of nitrogens with zero attached hydrogens (tertiary/aromatic N) is 1. The van der Waals surface area contributed by atoms with Gasteiger partial charge in [0.05, 0.1) is 26.8 Å². The number of H-pyrrole nitrogens is 1. The molecule has 1 N–H and O–H groups in total. The first-order valence-corrected chi connectivity index (χ1v) is 6.49. The minimum atomic E-state index is 0.573. The van der Waals surface area contributed by atoms with Crippen LogP contribution in [0.4, 0.5) is 0 Å². The SMILES string of the molecule is S=c1[nH]c2ccccc2n1-c1c(Cl)cccc1Cl. The van der Waals surface area contributed by atoms with Gasteiger partial charge in [-0.05, 0) is 36.5 Å². The predicted octanol–water partition coefficient (Wildman–Crippen LogP) is 4.99. The van der Waals surface area contributed by atoms with Crippen molar-refractivity contribution in [1.29, 1.82) is 0 Å². The van der Waals surface area contributed by atoms with Crippen molar-refractivity contribution >= 4 is 46.5 Å². The van der Waals surface area contributed by atoms with E-state index in [1.54, 1.807) is 12.1 Å². The number of aromatic nitrogens is 2. The lowest BCUT2D eigenvalue weighted by Gasteiger charge is -2.08. The van der Waals surface area contributed by atoms with E-state index >= 15 is 0 Å². The van der Waals surface area contributed by atoms with Gasteiger partial charge in [0.1, 0.15) is 0 Å². The van der Waals surface area contributed by atoms with Crippen LogP contribution in [0.3, 0.4) is 0 Å². The van der Waals surface area contributed by atoms with Crippen LogP contribution in [0.1, 0.15) is 0 Å². The van der Waals surface area contributed by atoms with Crippen LogP contribution in [0.15, 0.2) is 42.5 Å². The highest BCUT2D eigenvalue weighted by Crippen LogP contribution is 2.31. The maximum atomic E-state index is 6.23. The molecule has 5 heteroatoms. The van der Waals surface area contributed by atoms with E-state index in [2.05, 4.69) is 4.98 Å². The largest absolute Gasteiger partial charge is 0.330 e. The third-order valence-corrected chi connectivity index (χ3v) is 3.65. The molecule has 0 saturated heterocycles. The van der Waals surface area contributed by atoms with Gasteiger partial charge >= 0.3 is 0 Å². The van der Waals surface area contributed by atoms with Gasteiger partial charge in [0, 0.05) is 0 Å². The highest BCUT2D eigenvalue weighted by Gasteiger charge is 2.12. The van der Waals surface area contributed by atoms with E-state index in [0.717, 1.165) is 11.0 Å². The number of para-hydroxylation sites is 3. The Morgan fingerprint density at radius 2 is 1.61 bits per heavy atom. The van der Waals surface area contributed by atoms with E-state index in [-0.39, 0.29) is 0 Å². The van der Waals surface area contributed by atoms with Gasteiger partial charge in [0.25, 0.3) is 0 Å². The summed E-state index contributed by atoms with van der Waals surface area (Å²) in [5, 5.41) is 1.15. The van der Waals surface area contributed by atoms with Crippen molar-refractivity contribution in [2.24, 2.45) is 0 Å². The van der Waals surface area contributed by atoms with Crippen molar-refractivity contribution in [3.8, 4) is 5.69 Å². The quantitative estimate of drug-likeness (QED) is 0.627. The molecule has 0 saturated carbocycles. The van der Waals surface area contributed by atoms with Crippen molar-refractivity contribution < 1.29 is 0 Å². The van der Waals surface area contributed by atoms with E-state index in [4.69, 9.17) is 35.4 Å². The molecule has 2 nitrogen and oxygen atoms in total. The molecule has 2 aromatic carbocycles. The van der Waals surface area contributed by atoms with Gasteiger partial charge in [0.2, 0.25) is 0 Å². The fraction of sp³-hybridized carbons (Fsp3) is 0. The molecule has 3 rings (SSSR count). The minimum Gasteiger partial charge on any atom is -0.330 e. The number of fused-ring (bicyclic) bond motifs is 1. The van der Waals surface area contributed by atoms with Crippen molar-refractivity contribution in [1.82, 2.24) is 9.55 Å². The molecule has 3 aromatic rings. The molecule has 0 radical (unpaired) electrons. The molecule has 0 aliphatic rings. The lowest BCUT2D eigenvalue weighted by molar-refractivity contribution is 1.07.